The normalized spacial score (nSPS) is 18.3. The molecule has 218 valence electrons. The van der Waals surface area contributed by atoms with E-state index < -0.39 is 60.4 Å². The number of nitriles is 1. The summed E-state index contributed by atoms with van der Waals surface area (Å²) in [4.78, 5) is 47.5. The Bertz CT molecular complexity index is 1540. The molecule has 1 aliphatic carbocycles. The van der Waals surface area contributed by atoms with E-state index in [4.69, 9.17) is 16.9 Å². The molecule has 2 aliphatic rings. The third-order valence-electron chi connectivity index (χ3n) is 7.09. The van der Waals surface area contributed by atoms with E-state index in [1.165, 1.54) is 53.6 Å². The fourth-order valence-corrected chi connectivity index (χ4v) is 5.37. The van der Waals surface area contributed by atoms with Crippen molar-refractivity contribution >= 4 is 40.8 Å². The van der Waals surface area contributed by atoms with Gasteiger partial charge in [0, 0.05) is 47.8 Å². The predicted octanol–water partition coefficient (Wildman–Crippen LogP) is 5.57. The number of carbonyl (C=O) groups excluding carboxylic acids is 3. The molecule has 2 heterocycles. The third kappa shape index (κ3) is 6.09. The van der Waals surface area contributed by atoms with Gasteiger partial charge in [-0.2, -0.15) is 5.26 Å². The molecule has 1 saturated heterocycles. The largest absolute Gasteiger partial charge is 0.351 e. The third-order valence-corrected chi connectivity index (χ3v) is 7.43. The quantitative estimate of drug-likeness (QED) is 0.383. The Morgan fingerprint density at radius 1 is 1.14 bits per heavy atom. The molecule has 0 spiro atoms. The Kier molecular flexibility index (Phi) is 8.87. The zero-order valence-corrected chi connectivity index (χ0v) is 22.2. The molecule has 12 heteroatoms. The highest BCUT2D eigenvalue weighted by molar-refractivity contribution is 6.31. The second-order valence-corrected chi connectivity index (χ2v) is 10.3. The van der Waals surface area contributed by atoms with Crippen LogP contribution < -0.4 is 15.1 Å². The SMILES string of the molecule is C.N#Cc1ccc(N2C(=O)CC[C@H]2C(=O)N(c2cccc(F)c2)[C@@H](C(=O)NC2CC(F)(F)C2)c2ccccc2Cl)nc1. The van der Waals surface area contributed by atoms with Crippen molar-refractivity contribution in [3.63, 3.8) is 0 Å². The van der Waals surface area contributed by atoms with Gasteiger partial charge in [0.1, 0.15) is 29.8 Å². The number of anilines is 2. The number of nitrogens with one attached hydrogen (secondary N) is 1. The van der Waals surface area contributed by atoms with Gasteiger partial charge in [0.05, 0.1) is 5.56 Å². The molecule has 1 aliphatic heterocycles. The first-order chi connectivity index (χ1) is 19.6. The number of nitrogens with zero attached hydrogens (tertiary/aromatic N) is 4. The molecule has 3 aromatic rings. The minimum Gasteiger partial charge on any atom is -0.351 e. The van der Waals surface area contributed by atoms with Crippen molar-refractivity contribution < 1.29 is 27.6 Å². The van der Waals surface area contributed by atoms with Crippen molar-refractivity contribution in [1.82, 2.24) is 10.3 Å². The molecule has 5 rings (SSSR count). The van der Waals surface area contributed by atoms with Crippen LogP contribution in [0.1, 0.15) is 50.3 Å². The van der Waals surface area contributed by atoms with E-state index in [1.807, 2.05) is 6.07 Å². The Hall–Kier alpha value is -4.43. The highest BCUT2D eigenvalue weighted by Gasteiger charge is 2.48. The van der Waals surface area contributed by atoms with Gasteiger partial charge < -0.3 is 5.32 Å². The molecule has 3 amide bonds. The van der Waals surface area contributed by atoms with Gasteiger partial charge in [-0.3, -0.25) is 24.2 Å². The van der Waals surface area contributed by atoms with Crippen molar-refractivity contribution in [2.45, 2.75) is 57.2 Å². The van der Waals surface area contributed by atoms with Crippen LogP contribution in [0.3, 0.4) is 0 Å². The monoisotopic (exact) mass is 597 g/mol. The topological polar surface area (TPSA) is 106 Å². The van der Waals surface area contributed by atoms with Crippen LogP contribution >= 0.6 is 11.6 Å². The minimum atomic E-state index is -2.91. The smallest absolute Gasteiger partial charge is 0.252 e. The van der Waals surface area contributed by atoms with Crippen molar-refractivity contribution in [2.24, 2.45) is 0 Å². The van der Waals surface area contributed by atoms with E-state index in [2.05, 4.69) is 10.3 Å². The lowest BCUT2D eigenvalue weighted by atomic mass is 9.87. The van der Waals surface area contributed by atoms with Crippen molar-refractivity contribution in [3.8, 4) is 6.07 Å². The highest BCUT2D eigenvalue weighted by atomic mass is 35.5. The molecule has 1 N–H and O–H groups in total. The fraction of sp³-hybridized carbons (Fsp3) is 0.300. The van der Waals surface area contributed by atoms with Crippen LogP contribution in [0.15, 0.2) is 66.9 Å². The van der Waals surface area contributed by atoms with Gasteiger partial charge >= 0.3 is 0 Å². The molecule has 8 nitrogen and oxygen atoms in total. The molecule has 0 bridgehead atoms. The number of carbonyl (C=O) groups is 3. The first-order valence-corrected chi connectivity index (χ1v) is 13.2. The Morgan fingerprint density at radius 2 is 1.88 bits per heavy atom. The summed E-state index contributed by atoms with van der Waals surface area (Å²) in [5.74, 6) is -5.40. The van der Waals surface area contributed by atoms with Gasteiger partial charge in [-0.25, -0.2) is 18.2 Å². The maximum absolute atomic E-state index is 14.5. The lowest BCUT2D eigenvalue weighted by molar-refractivity contribution is -0.133. The second-order valence-electron chi connectivity index (χ2n) is 9.92. The van der Waals surface area contributed by atoms with E-state index in [0.717, 1.165) is 11.0 Å². The van der Waals surface area contributed by atoms with E-state index >= 15 is 0 Å². The van der Waals surface area contributed by atoms with Crippen LogP contribution in [0.5, 0.6) is 0 Å². The summed E-state index contributed by atoms with van der Waals surface area (Å²) >= 11 is 6.48. The Morgan fingerprint density at radius 3 is 2.50 bits per heavy atom. The van der Waals surface area contributed by atoms with Crippen LogP contribution in [0, 0.1) is 17.1 Å². The minimum absolute atomic E-state index is 0. The molecule has 42 heavy (non-hydrogen) atoms. The van der Waals surface area contributed by atoms with Crippen molar-refractivity contribution in [2.75, 3.05) is 9.80 Å². The molecule has 0 unspecified atom stereocenters. The summed E-state index contributed by atoms with van der Waals surface area (Å²) in [7, 11) is 0. The first-order valence-electron chi connectivity index (χ1n) is 12.8. The van der Waals surface area contributed by atoms with E-state index in [0.29, 0.717) is 0 Å². The summed E-state index contributed by atoms with van der Waals surface area (Å²) < 4.78 is 41.7. The average molecular weight is 598 g/mol. The van der Waals surface area contributed by atoms with E-state index in [1.54, 1.807) is 12.1 Å². The molecule has 0 radical (unpaired) electrons. The molecular weight excluding hydrogens is 571 g/mol. The summed E-state index contributed by atoms with van der Waals surface area (Å²) in [5.41, 5.74) is 0.436. The van der Waals surface area contributed by atoms with E-state index in [9.17, 15) is 27.6 Å². The van der Waals surface area contributed by atoms with Crippen LogP contribution in [-0.2, 0) is 14.4 Å². The average Bonchev–Trinajstić information content (AvgIpc) is 3.32. The summed E-state index contributed by atoms with van der Waals surface area (Å²) in [6.45, 7) is 0. The summed E-state index contributed by atoms with van der Waals surface area (Å²) in [6.07, 6.45) is 0.210. The zero-order valence-electron chi connectivity index (χ0n) is 21.4. The van der Waals surface area contributed by atoms with Gasteiger partial charge in [-0.15, -0.1) is 0 Å². The molecule has 1 saturated carbocycles. The zero-order chi connectivity index (χ0) is 29.3. The number of benzene rings is 2. The number of pyridine rings is 1. The number of alkyl halides is 2. The second kappa shape index (κ2) is 12.2. The summed E-state index contributed by atoms with van der Waals surface area (Å²) in [5, 5.41) is 11.8. The van der Waals surface area contributed by atoms with Crippen LogP contribution in [-0.4, -0.2) is 40.7 Å². The summed E-state index contributed by atoms with van der Waals surface area (Å²) in [6, 6.07) is 12.6. The number of hydrogen-bond donors (Lipinski definition) is 1. The predicted molar refractivity (Wildman–Crippen MR) is 150 cm³/mol. The molecule has 2 fully saturated rings. The molecular formula is C30H27ClF3N5O3. The first kappa shape index (κ1) is 30.5. The van der Waals surface area contributed by atoms with Gasteiger partial charge in [0.15, 0.2) is 0 Å². The number of aromatic nitrogens is 1. The lowest BCUT2D eigenvalue weighted by Gasteiger charge is -2.39. The number of rotatable bonds is 7. The van der Waals surface area contributed by atoms with Gasteiger partial charge in [0.25, 0.3) is 11.8 Å². The van der Waals surface area contributed by atoms with Gasteiger partial charge in [0.2, 0.25) is 11.8 Å². The number of hydrogen-bond acceptors (Lipinski definition) is 5. The Balaban J connectivity index is 0.00000405. The highest BCUT2D eigenvalue weighted by Crippen LogP contribution is 2.39. The lowest BCUT2D eigenvalue weighted by Crippen LogP contribution is -2.56. The molecule has 1 aromatic heterocycles. The van der Waals surface area contributed by atoms with Crippen molar-refractivity contribution in [1.29, 1.82) is 5.26 Å². The molecule has 2 aromatic carbocycles. The standard InChI is InChI=1S/C29H23ClF3N5O3.CH4/c30-22-7-2-1-6-21(22)26(27(40)36-19-13-29(32,33)14-19)37(20-5-3-4-18(31)12-20)28(41)23-9-11-25(39)38(23)24-10-8-17(15-34)16-35-24;/h1-8,10,12,16,19,23,26H,9,11,13-14H2,(H,36,40);1H4/t23-,26+;/m0./s1. The van der Waals surface area contributed by atoms with Crippen molar-refractivity contribution in [3.05, 3.63) is 88.8 Å². The maximum Gasteiger partial charge on any atom is 0.252 e. The Labute approximate surface area is 245 Å². The van der Waals surface area contributed by atoms with E-state index in [-0.39, 0.29) is 47.9 Å². The number of halogens is 4. The van der Waals surface area contributed by atoms with Crippen LogP contribution in [0.2, 0.25) is 5.02 Å². The van der Waals surface area contributed by atoms with Crippen LogP contribution in [0.4, 0.5) is 24.7 Å². The van der Waals surface area contributed by atoms with Gasteiger partial charge in [-0.1, -0.05) is 43.3 Å². The maximum atomic E-state index is 14.5. The van der Waals surface area contributed by atoms with Crippen LogP contribution in [0.25, 0.3) is 0 Å². The fourth-order valence-electron chi connectivity index (χ4n) is 5.13. The number of amides is 3. The van der Waals surface area contributed by atoms with Gasteiger partial charge in [-0.05, 0) is 42.8 Å². The molecule has 2 atom stereocenters.